The number of nitrogens with zero attached hydrogens (tertiary/aromatic N) is 3. The monoisotopic (exact) mass is 546 g/mol. The summed E-state index contributed by atoms with van der Waals surface area (Å²) in [4.78, 5) is 40.7. The SMILES string of the molecule is CCOc1ccc(-n2c(Cc3cc(=O)[nH]c(=O)[nH]3)nnc2SCC(=O)Nc2ccc(Cl)c(Cl)c2)cc1. The molecule has 1 amide bonds. The van der Waals surface area contributed by atoms with Crippen LogP contribution in [-0.4, -0.2) is 43.0 Å². The van der Waals surface area contributed by atoms with Crippen molar-refractivity contribution in [1.29, 1.82) is 0 Å². The van der Waals surface area contributed by atoms with E-state index in [9.17, 15) is 14.4 Å². The van der Waals surface area contributed by atoms with Crippen molar-refractivity contribution in [3.8, 4) is 11.4 Å². The normalized spacial score (nSPS) is 10.9. The van der Waals surface area contributed by atoms with E-state index >= 15 is 0 Å². The molecule has 2 heterocycles. The average molecular weight is 547 g/mol. The first-order chi connectivity index (χ1) is 17.3. The van der Waals surface area contributed by atoms with Gasteiger partial charge in [0.15, 0.2) is 5.16 Å². The molecule has 186 valence electrons. The zero-order valence-electron chi connectivity index (χ0n) is 18.9. The van der Waals surface area contributed by atoms with Crippen LogP contribution in [0.1, 0.15) is 18.4 Å². The van der Waals surface area contributed by atoms with Gasteiger partial charge in [-0.15, -0.1) is 10.2 Å². The van der Waals surface area contributed by atoms with Crippen LogP contribution in [-0.2, 0) is 11.2 Å². The minimum absolute atomic E-state index is 0.0389. The Bertz CT molecular complexity index is 1470. The molecule has 0 aliphatic rings. The summed E-state index contributed by atoms with van der Waals surface area (Å²) in [6, 6.07) is 13.4. The van der Waals surface area contributed by atoms with Crippen LogP contribution in [0.4, 0.5) is 5.69 Å². The van der Waals surface area contributed by atoms with Crippen LogP contribution in [0.2, 0.25) is 10.0 Å². The van der Waals surface area contributed by atoms with Crippen molar-refractivity contribution >= 4 is 46.6 Å². The number of halogens is 2. The quantitative estimate of drug-likeness (QED) is 0.272. The van der Waals surface area contributed by atoms with Gasteiger partial charge in [0.1, 0.15) is 11.6 Å². The van der Waals surface area contributed by atoms with Crippen molar-refractivity contribution in [1.82, 2.24) is 24.7 Å². The molecule has 13 heteroatoms. The molecule has 0 aliphatic carbocycles. The highest BCUT2D eigenvalue weighted by Crippen LogP contribution is 2.27. The van der Waals surface area contributed by atoms with E-state index in [1.807, 2.05) is 31.2 Å². The number of nitrogens with one attached hydrogen (secondary N) is 3. The number of thioether (sulfide) groups is 1. The number of aromatic amines is 2. The molecule has 0 atom stereocenters. The molecule has 0 aliphatic heterocycles. The molecule has 0 radical (unpaired) electrons. The lowest BCUT2D eigenvalue weighted by atomic mass is 10.2. The lowest BCUT2D eigenvalue weighted by molar-refractivity contribution is -0.113. The number of ether oxygens (including phenoxy) is 1. The number of carbonyl (C=O) groups excluding carboxylic acids is 1. The van der Waals surface area contributed by atoms with Gasteiger partial charge in [0.05, 0.1) is 22.4 Å². The van der Waals surface area contributed by atoms with E-state index < -0.39 is 11.2 Å². The molecule has 0 fully saturated rings. The standard InChI is InChI=1S/C23H20Cl2N6O4S/c1-2-35-16-6-4-15(5-7-16)31-19(10-14-11-20(32)28-22(34)27-14)29-30-23(31)36-12-21(33)26-13-3-8-17(24)18(25)9-13/h3-9,11H,2,10,12H2,1H3,(H,26,33)(H2,27,28,32,34). The average Bonchev–Trinajstić information content (AvgIpc) is 3.22. The van der Waals surface area contributed by atoms with E-state index in [-0.39, 0.29) is 18.1 Å². The molecule has 3 N–H and O–H groups in total. The molecule has 36 heavy (non-hydrogen) atoms. The second kappa shape index (κ2) is 11.5. The molecule has 0 bridgehead atoms. The van der Waals surface area contributed by atoms with E-state index in [0.29, 0.717) is 44.8 Å². The molecule has 10 nitrogen and oxygen atoms in total. The third-order valence-electron chi connectivity index (χ3n) is 4.81. The van der Waals surface area contributed by atoms with Gasteiger partial charge in [0.2, 0.25) is 5.91 Å². The van der Waals surface area contributed by atoms with Crippen LogP contribution in [0.15, 0.2) is 63.3 Å². The Balaban J connectivity index is 1.59. The van der Waals surface area contributed by atoms with Crippen molar-refractivity contribution in [2.45, 2.75) is 18.5 Å². The highest BCUT2D eigenvalue weighted by molar-refractivity contribution is 7.99. The molecular formula is C23H20Cl2N6O4S. The number of anilines is 1. The Morgan fingerprint density at radius 2 is 1.83 bits per heavy atom. The first-order valence-corrected chi connectivity index (χ1v) is 12.4. The minimum Gasteiger partial charge on any atom is -0.494 e. The van der Waals surface area contributed by atoms with Crippen LogP contribution in [0, 0.1) is 0 Å². The van der Waals surface area contributed by atoms with E-state index in [0.717, 1.165) is 5.69 Å². The summed E-state index contributed by atoms with van der Waals surface area (Å²) in [6.45, 7) is 2.42. The largest absolute Gasteiger partial charge is 0.494 e. The lowest BCUT2D eigenvalue weighted by Gasteiger charge is -2.12. The van der Waals surface area contributed by atoms with Gasteiger partial charge in [-0.3, -0.25) is 19.1 Å². The van der Waals surface area contributed by atoms with Crippen LogP contribution < -0.4 is 21.3 Å². The van der Waals surface area contributed by atoms with Gasteiger partial charge in [-0.2, -0.15) is 0 Å². The molecule has 4 rings (SSSR count). The fourth-order valence-corrected chi connectivity index (χ4v) is 4.38. The molecule has 0 saturated carbocycles. The summed E-state index contributed by atoms with van der Waals surface area (Å²) < 4.78 is 7.27. The summed E-state index contributed by atoms with van der Waals surface area (Å²) in [6.07, 6.45) is 0.134. The van der Waals surface area contributed by atoms with Crippen molar-refractivity contribution in [2.75, 3.05) is 17.7 Å². The lowest BCUT2D eigenvalue weighted by Crippen LogP contribution is -2.23. The summed E-state index contributed by atoms with van der Waals surface area (Å²) in [5.74, 6) is 0.926. The van der Waals surface area contributed by atoms with Gasteiger partial charge >= 0.3 is 5.69 Å². The maximum absolute atomic E-state index is 12.6. The number of hydrogen-bond donors (Lipinski definition) is 3. The van der Waals surface area contributed by atoms with Gasteiger partial charge in [0, 0.05) is 29.6 Å². The van der Waals surface area contributed by atoms with Crippen molar-refractivity contribution in [3.63, 3.8) is 0 Å². The number of hydrogen-bond acceptors (Lipinski definition) is 7. The van der Waals surface area contributed by atoms with Crippen molar-refractivity contribution in [3.05, 3.63) is 90.9 Å². The van der Waals surface area contributed by atoms with Crippen molar-refractivity contribution in [2.24, 2.45) is 0 Å². The van der Waals surface area contributed by atoms with Crippen LogP contribution >= 0.6 is 35.0 Å². The zero-order valence-corrected chi connectivity index (χ0v) is 21.2. The molecular weight excluding hydrogens is 527 g/mol. The second-order valence-electron chi connectivity index (χ2n) is 7.42. The number of amides is 1. The summed E-state index contributed by atoms with van der Waals surface area (Å²) in [7, 11) is 0. The maximum atomic E-state index is 12.6. The summed E-state index contributed by atoms with van der Waals surface area (Å²) in [5.41, 5.74) is 0.477. The first kappa shape index (κ1) is 25.5. The molecule has 2 aromatic carbocycles. The highest BCUT2D eigenvalue weighted by Gasteiger charge is 2.17. The Labute approximate surface area is 219 Å². The molecule has 0 unspecified atom stereocenters. The molecule has 0 saturated heterocycles. The van der Waals surface area contributed by atoms with Gasteiger partial charge < -0.3 is 15.0 Å². The Kier molecular flexibility index (Phi) is 8.14. The topological polar surface area (TPSA) is 135 Å². The summed E-state index contributed by atoms with van der Waals surface area (Å²) >= 11 is 13.1. The van der Waals surface area contributed by atoms with E-state index in [1.165, 1.54) is 17.8 Å². The van der Waals surface area contributed by atoms with Crippen LogP contribution in [0.5, 0.6) is 5.75 Å². The number of rotatable bonds is 9. The Morgan fingerprint density at radius 3 is 2.53 bits per heavy atom. The van der Waals surface area contributed by atoms with E-state index in [4.69, 9.17) is 27.9 Å². The number of carbonyl (C=O) groups is 1. The Hall–Kier alpha value is -3.54. The third kappa shape index (κ3) is 6.36. The van der Waals surface area contributed by atoms with Crippen LogP contribution in [0.3, 0.4) is 0 Å². The van der Waals surface area contributed by atoms with Gasteiger partial charge in [0.25, 0.3) is 5.56 Å². The fraction of sp³-hybridized carbons (Fsp3) is 0.174. The van der Waals surface area contributed by atoms with Crippen molar-refractivity contribution < 1.29 is 9.53 Å². The van der Waals surface area contributed by atoms with Gasteiger partial charge in [-0.25, -0.2) is 4.79 Å². The van der Waals surface area contributed by atoms with E-state index in [1.54, 1.807) is 22.8 Å². The van der Waals surface area contributed by atoms with Crippen LogP contribution in [0.25, 0.3) is 5.69 Å². The second-order valence-corrected chi connectivity index (χ2v) is 9.17. The number of H-pyrrole nitrogens is 2. The molecule has 4 aromatic rings. The molecule has 2 aromatic heterocycles. The maximum Gasteiger partial charge on any atom is 0.325 e. The Morgan fingerprint density at radius 1 is 1.06 bits per heavy atom. The van der Waals surface area contributed by atoms with Gasteiger partial charge in [-0.1, -0.05) is 35.0 Å². The molecule has 0 spiro atoms. The minimum atomic E-state index is -0.613. The smallest absolute Gasteiger partial charge is 0.325 e. The number of aromatic nitrogens is 5. The third-order valence-corrected chi connectivity index (χ3v) is 6.47. The fourth-order valence-electron chi connectivity index (χ4n) is 3.31. The van der Waals surface area contributed by atoms with E-state index in [2.05, 4.69) is 25.5 Å². The zero-order chi connectivity index (χ0) is 25.7. The first-order valence-electron chi connectivity index (χ1n) is 10.7. The summed E-state index contributed by atoms with van der Waals surface area (Å²) in [5, 5.41) is 12.4. The predicted molar refractivity (Wildman–Crippen MR) is 139 cm³/mol. The van der Waals surface area contributed by atoms with Gasteiger partial charge in [-0.05, 0) is 49.4 Å². The highest BCUT2D eigenvalue weighted by atomic mass is 35.5. The number of benzene rings is 2. The predicted octanol–water partition coefficient (Wildman–Crippen LogP) is 3.67.